The van der Waals surface area contributed by atoms with Crippen LogP contribution in [0.15, 0.2) is 0 Å². The van der Waals surface area contributed by atoms with Gasteiger partial charge in [-0.1, -0.05) is 34.6 Å². The van der Waals surface area contributed by atoms with Gasteiger partial charge >= 0.3 is 6.09 Å². The Kier molecular flexibility index (Phi) is 10.5. The van der Waals surface area contributed by atoms with Gasteiger partial charge in [-0.2, -0.15) is 0 Å². The van der Waals surface area contributed by atoms with Gasteiger partial charge in [-0.05, 0) is 51.9 Å². The van der Waals surface area contributed by atoms with Gasteiger partial charge in [0.25, 0.3) is 0 Å². The largest absolute Gasteiger partial charge is 0.444 e. The van der Waals surface area contributed by atoms with Gasteiger partial charge in [0.2, 0.25) is 0 Å². The third-order valence-electron chi connectivity index (χ3n) is 3.47. The predicted octanol–water partition coefficient (Wildman–Crippen LogP) is 4.68. The fraction of sp³-hybridized carbons (Fsp3) is 0.947. The zero-order chi connectivity index (χ0) is 18.0. The second kappa shape index (κ2) is 10.9. The van der Waals surface area contributed by atoms with Crippen molar-refractivity contribution in [2.24, 2.45) is 11.8 Å². The molecule has 0 aliphatic rings. The van der Waals surface area contributed by atoms with Gasteiger partial charge in [0.15, 0.2) is 0 Å². The van der Waals surface area contributed by atoms with Gasteiger partial charge in [0.05, 0.1) is 0 Å². The van der Waals surface area contributed by atoms with Crippen LogP contribution in [0.1, 0.15) is 74.7 Å². The van der Waals surface area contributed by atoms with Gasteiger partial charge in [-0.15, -0.1) is 0 Å². The molecule has 0 fully saturated rings. The first-order valence-corrected chi connectivity index (χ1v) is 9.26. The normalized spacial score (nSPS) is 12.3. The van der Waals surface area contributed by atoms with Crippen molar-refractivity contribution in [1.29, 1.82) is 0 Å². The molecule has 23 heavy (non-hydrogen) atoms. The average molecular weight is 329 g/mol. The van der Waals surface area contributed by atoms with E-state index in [9.17, 15) is 4.79 Å². The molecule has 0 spiro atoms. The molecule has 0 radical (unpaired) electrons. The number of nitrogens with zero attached hydrogens (tertiary/aromatic N) is 1. The van der Waals surface area contributed by atoms with Gasteiger partial charge in [0, 0.05) is 25.7 Å². The number of hydrogen-bond donors (Lipinski definition) is 1. The minimum absolute atomic E-state index is 0.203. The van der Waals surface area contributed by atoms with Crippen molar-refractivity contribution in [3.05, 3.63) is 0 Å². The molecule has 0 aromatic carbocycles. The summed E-state index contributed by atoms with van der Waals surface area (Å²) in [5.41, 5.74) is -0.436. The van der Waals surface area contributed by atoms with E-state index in [0.29, 0.717) is 24.4 Å². The van der Waals surface area contributed by atoms with Crippen LogP contribution in [-0.4, -0.2) is 42.3 Å². The van der Waals surface area contributed by atoms with Crippen molar-refractivity contribution in [2.75, 3.05) is 19.6 Å². The smallest absolute Gasteiger partial charge is 0.410 e. The van der Waals surface area contributed by atoms with E-state index in [2.05, 4.69) is 39.9 Å². The van der Waals surface area contributed by atoms with Crippen LogP contribution in [0, 0.1) is 11.8 Å². The Balaban J connectivity index is 4.45. The van der Waals surface area contributed by atoms with Crippen LogP contribution in [0.25, 0.3) is 0 Å². The lowest BCUT2D eigenvalue weighted by molar-refractivity contribution is 0.0250. The minimum Gasteiger partial charge on any atom is -0.444 e. The third-order valence-corrected chi connectivity index (χ3v) is 3.47. The predicted molar refractivity (Wildman–Crippen MR) is 98.8 cm³/mol. The summed E-state index contributed by atoms with van der Waals surface area (Å²) in [6.07, 6.45) is 3.10. The van der Waals surface area contributed by atoms with Crippen molar-refractivity contribution >= 4 is 6.09 Å². The number of carbonyl (C=O) groups excluding carboxylic acids is 1. The van der Waals surface area contributed by atoms with E-state index >= 15 is 0 Å². The van der Waals surface area contributed by atoms with E-state index in [1.54, 1.807) is 0 Å². The highest BCUT2D eigenvalue weighted by atomic mass is 16.6. The molecular weight excluding hydrogens is 288 g/mol. The molecule has 4 nitrogen and oxygen atoms in total. The first kappa shape index (κ1) is 22.2. The summed E-state index contributed by atoms with van der Waals surface area (Å²) in [6.45, 7) is 19.1. The van der Waals surface area contributed by atoms with E-state index in [4.69, 9.17) is 4.74 Å². The first-order chi connectivity index (χ1) is 10.5. The maximum Gasteiger partial charge on any atom is 0.410 e. The summed E-state index contributed by atoms with van der Waals surface area (Å²) in [5.74, 6) is 1.37. The molecule has 1 amide bonds. The molecule has 0 saturated carbocycles. The van der Waals surface area contributed by atoms with Crippen LogP contribution in [-0.2, 0) is 4.74 Å². The molecule has 0 saturated heterocycles. The molecule has 138 valence electrons. The summed E-state index contributed by atoms with van der Waals surface area (Å²) >= 11 is 0. The zero-order valence-corrected chi connectivity index (χ0v) is 16.7. The number of nitrogens with one attached hydrogen (secondary N) is 1. The van der Waals surface area contributed by atoms with E-state index in [-0.39, 0.29) is 6.09 Å². The van der Waals surface area contributed by atoms with Gasteiger partial charge in [-0.25, -0.2) is 4.79 Å². The summed E-state index contributed by atoms with van der Waals surface area (Å²) < 4.78 is 5.50. The molecule has 0 bridgehead atoms. The standard InChI is InChI=1S/C19H40N2O2/c1-9-11-21(18(22)23-19(6,7)8)12-10-20-17(13-15(2)3)14-16(4)5/h15-17,20H,9-14H2,1-8H3. The van der Waals surface area contributed by atoms with Crippen LogP contribution >= 0.6 is 0 Å². The fourth-order valence-electron chi connectivity index (χ4n) is 2.70. The molecule has 0 aromatic rings. The highest BCUT2D eigenvalue weighted by Gasteiger charge is 2.21. The molecule has 0 aliphatic carbocycles. The van der Waals surface area contributed by atoms with Crippen molar-refractivity contribution in [3.63, 3.8) is 0 Å². The lowest BCUT2D eigenvalue weighted by Gasteiger charge is -2.28. The van der Waals surface area contributed by atoms with E-state index in [0.717, 1.165) is 19.5 Å². The molecule has 0 aliphatic heterocycles. The van der Waals surface area contributed by atoms with Crippen molar-refractivity contribution in [3.8, 4) is 0 Å². The van der Waals surface area contributed by atoms with Crippen LogP contribution < -0.4 is 5.32 Å². The Labute approximate surface area is 144 Å². The average Bonchev–Trinajstić information content (AvgIpc) is 2.33. The van der Waals surface area contributed by atoms with Crippen molar-refractivity contribution in [2.45, 2.75) is 86.3 Å². The summed E-state index contributed by atoms with van der Waals surface area (Å²) in [4.78, 5) is 14.1. The lowest BCUT2D eigenvalue weighted by atomic mass is 9.95. The van der Waals surface area contributed by atoms with Crippen LogP contribution in [0.4, 0.5) is 4.79 Å². The van der Waals surface area contributed by atoms with Gasteiger partial charge < -0.3 is 15.0 Å². The third kappa shape index (κ3) is 12.3. The number of rotatable bonds is 10. The Morgan fingerprint density at radius 2 is 1.57 bits per heavy atom. The molecule has 0 atom stereocenters. The molecule has 1 N–H and O–H groups in total. The second-order valence-corrected chi connectivity index (χ2v) is 8.38. The van der Waals surface area contributed by atoms with Gasteiger partial charge in [0.1, 0.15) is 5.60 Å². The van der Waals surface area contributed by atoms with Gasteiger partial charge in [-0.3, -0.25) is 0 Å². The summed E-state index contributed by atoms with van der Waals surface area (Å²) in [5, 5.41) is 3.64. The number of ether oxygens (including phenoxy) is 1. The summed E-state index contributed by atoms with van der Waals surface area (Å²) in [6, 6.07) is 0.525. The topological polar surface area (TPSA) is 41.6 Å². The minimum atomic E-state index is -0.436. The van der Waals surface area contributed by atoms with E-state index in [1.165, 1.54) is 12.8 Å². The first-order valence-electron chi connectivity index (χ1n) is 9.26. The SMILES string of the molecule is CCCN(CCNC(CC(C)C)CC(C)C)C(=O)OC(C)(C)C. The zero-order valence-electron chi connectivity index (χ0n) is 16.7. The molecular formula is C19H40N2O2. The van der Waals surface area contributed by atoms with Crippen molar-refractivity contribution in [1.82, 2.24) is 10.2 Å². The highest BCUT2D eigenvalue weighted by molar-refractivity contribution is 5.68. The quantitative estimate of drug-likeness (QED) is 0.633. The highest BCUT2D eigenvalue weighted by Crippen LogP contribution is 2.13. The Morgan fingerprint density at radius 3 is 1.96 bits per heavy atom. The molecule has 0 heterocycles. The Morgan fingerprint density at radius 1 is 1.04 bits per heavy atom. The van der Waals surface area contributed by atoms with E-state index in [1.807, 2.05) is 25.7 Å². The van der Waals surface area contributed by atoms with E-state index < -0.39 is 5.60 Å². The van der Waals surface area contributed by atoms with Crippen molar-refractivity contribution < 1.29 is 9.53 Å². The number of carbonyl (C=O) groups is 1. The van der Waals surface area contributed by atoms with Crippen LogP contribution in [0.3, 0.4) is 0 Å². The molecule has 0 aromatic heterocycles. The Hall–Kier alpha value is -0.770. The Bertz CT molecular complexity index is 312. The lowest BCUT2D eigenvalue weighted by Crippen LogP contribution is -2.43. The second-order valence-electron chi connectivity index (χ2n) is 8.38. The number of amides is 1. The number of hydrogen-bond acceptors (Lipinski definition) is 3. The fourth-order valence-corrected chi connectivity index (χ4v) is 2.70. The molecule has 0 rings (SSSR count). The monoisotopic (exact) mass is 328 g/mol. The summed E-state index contributed by atoms with van der Waals surface area (Å²) in [7, 11) is 0. The molecule has 4 heteroatoms. The maximum absolute atomic E-state index is 12.3. The van der Waals surface area contributed by atoms with Crippen LogP contribution in [0.2, 0.25) is 0 Å². The maximum atomic E-state index is 12.3. The van der Waals surface area contributed by atoms with Crippen LogP contribution in [0.5, 0.6) is 0 Å². The molecule has 0 unspecified atom stereocenters.